The lowest BCUT2D eigenvalue weighted by atomic mass is 9.97. The van der Waals surface area contributed by atoms with Crippen LogP contribution < -0.4 is 0 Å². The van der Waals surface area contributed by atoms with Gasteiger partial charge in [0, 0.05) is 0 Å². The van der Waals surface area contributed by atoms with Crippen LogP contribution in [-0.4, -0.2) is 37.3 Å². The largest absolute Gasteiger partial charge is 0.467 e. The van der Waals surface area contributed by atoms with Gasteiger partial charge in [-0.15, -0.1) is 0 Å². The first kappa shape index (κ1) is 31.6. The molecule has 5 atom stereocenters. The summed E-state index contributed by atoms with van der Waals surface area (Å²) in [7, 11) is 0. The van der Waals surface area contributed by atoms with Crippen molar-refractivity contribution in [2.75, 3.05) is 6.61 Å². The van der Waals surface area contributed by atoms with Gasteiger partial charge < -0.3 is 28.4 Å². The van der Waals surface area contributed by atoms with Gasteiger partial charge in [-0.3, -0.25) is 0 Å². The summed E-state index contributed by atoms with van der Waals surface area (Å²) in [6.45, 7) is 5.74. The van der Waals surface area contributed by atoms with Crippen LogP contribution in [0.3, 0.4) is 0 Å². The number of allylic oxidation sites excluding steroid dienone is 2. The van der Waals surface area contributed by atoms with Crippen LogP contribution >= 0.6 is 0 Å². The summed E-state index contributed by atoms with van der Waals surface area (Å²) >= 11 is 0. The van der Waals surface area contributed by atoms with Crippen molar-refractivity contribution in [3.8, 4) is 0 Å². The van der Waals surface area contributed by atoms with Crippen LogP contribution in [0.4, 0.5) is 0 Å². The maximum atomic E-state index is 6.73. The van der Waals surface area contributed by atoms with Crippen LogP contribution in [0.2, 0.25) is 0 Å². The first-order valence-corrected chi connectivity index (χ1v) is 15.2. The maximum Gasteiger partial charge on any atom is 0.228 e. The zero-order valence-corrected chi connectivity index (χ0v) is 25.5. The molecule has 4 aromatic carbocycles. The Balaban J connectivity index is 1.44. The van der Waals surface area contributed by atoms with Crippen LogP contribution in [-0.2, 0) is 54.8 Å². The first-order valence-electron chi connectivity index (χ1n) is 15.2. The lowest BCUT2D eigenvalue weighted by Crippen LogP contribution is -2.61. The fraction of sp³-hybridized carbons (Fsp3) is 0.316. The molecule has 6 heteroatoms. The summed E-state index contributed by atoms with van der Waals surface area (Å²) in [4.78, 5) is 0. The van der Waals surface area contributed by atoms with Crippen molar-refractivity contribution in [2.24, 2.45) is 0 Å². The van der Waals surface area contributed by atoms with Crippen molar-refractivity contribution in [1.82, 2.24) is 0 Å². The second kappa shape index (κ2) is 16.9. The first-order chi connectivity index (χ1) is 21.7. The third-order valence-corrected chi connectivity index (χ3v) is 7.55. The van der Waals surface area contributed by atoms with Gasteiger partial charge in [-0.2, -0.15) is 0 Å². The van der Waals surface area contributed by atoms with Crippen LogP contribution in [0.15, 0.2) is 133 Å². The molecular formula is C38H42O6. The van der Waals surface area contributed by atoms with Crippen LogP contribution in [0.1, 0.15) is 36.1 Å². The van der Waals surface area contributed by atoms with Crippen LogP contribution in [0.5, 0.6) is 0 Å². The molecule has 1 heterocycles. The number of ether oxygens (including phenoxy) is 6. The maximum absolute atomic E-state index is 6.73. The van der Waals surface area contributed by atoms with E-state index < -0.39 is 30.7 Å². The van der Waals surface area contributed by atoms with E-state index in [4.69, 9.17) is 28.4 Å². The van der Waals surface area contributed by atoms with E-state index in [-0.39, 0.29) is 0 Å². The normalized spacial score (nSPS) is 22.0. The Bertz CT molecular complexity index is 1380. The van der Waals surface area contributed by atoms with E-state index in [0.717, 1.165) is 28.0 Å². The van der Waals surface area contributed by atoms with Gasteiger partial charge in [0.05, 0.1) is 38.8 Å². The smallest absolute Gasteiger partial charge is 0.228 e. The Hall–Kier alpha value is -3.78. The third kappa shape index (κ3) is 9.36. The van der Waals surface area contributed by atoms with Crippen molar-refractivity contribution < 1.29 is 28.4 Å². The Morgan fingerprint density at radius 2 is 0.977 bits per heavy atom. The predicted molar refractivity (Wildman–Crippen MR) is 170 cm³/mol. The Labute approximate surface area is 261 Å². The summed E-state index contributed by atoms with van der Waals surface area (Å²) in [6, 6.07) is 40.4. The van der Waals surface area contributed by atoms with Crippen molar-refractivity contribution in [1.29, 1.82) is 0 Å². The van der Waals surface area contributed by atoms with Gasteiger partial charge in [-0.1, -0.05) is 121 Å². The highest BCUT2D eigenvalue weighted by Crippen LogP contribution is 2.32. The predicted octanol–water partition coefficient (Wildman–Crippen LogP) is 7.62. The van der Waals surface area contributed by atoms with E-state index in [0.29, 0.717) is 33.0 Å². The molecule has 230 valence electrons. The SMILES string of the molecule is C/C=C(/C)O[C@@H]1O[C@H](COCc2ccccc2)[C@H](OCc2ccccc2)[C@H](OCc2ccccc2)[C@H]1OCc1ccccc1. The molecule has 44 heavy (non-hydrogen) atoms. The summed E-state index contributed by atoms with van der Waals surface area (Å²) in [5.41, 5.74) is 4.25. The second-order valence-corrected chi connectivity index (χ2v) is 10.8. The Morgan fingerprint density at radius 3 is 1.43 bits per heavy atom. The minimum Gasteiger partial charge on any atom is -0.467 e. The molecule has 0 saturated carbocycles. The van der Waals surface area contributed by atoms with E-state index in [9.17, 15) is 0 Å². The van der Waals surface area contributed by atoms with Gasteiger partial charge in [-0.05, 0) is 42.2 Å². The fourth-order valence-electron chi connectivity index (χ4n) is 5.09. The molecule has 0 aromatic heterocycles. The topological polar surface area (TPSA) is 55.4 Å². The third-order valence-electron chi connectivity index (χ3n) is 7.55. The van der Waals surface area contributed by atoms with Gasteiger partial charge in [0.1, 0.15) is 24.4 Å². The summed E-state index contributed by atoms with van der Waals surface area (Å²) in [6.07, 6.45) is -0.902. The van der Waals surface area contributed by atoms with Crippen molar-refractivity contribution >= 4 is 0 Å². The highest BCUT2D eigenvalue weighted by molar-refractivity contribution is 5.16. The molecule has 0 radical (unpaired) electrons. The average molecular weight is 595 g/mol. The fourth-order valence-corrected chi connectivity index (χ4v) is 5.09. The lowest BCUT2D eigenvalue weighted by Gasteiger charge is -2.45. The summed E-state index contributed by atoms with van der Waals surface area (Å²) < 4.78 is 39.2. The molecule has 1 saturated heterocycles. The summed E-state index contributed by atoms with van der Waals surface area (Å²) in [5.74, 6) is 0.734. The van der Waals surface area contributed by atoms with Crippen LogP contribution in [0.25, 0.3) is 0 Å². The number of rotatable bonds is 15. The average Bonchev–Trinajstić information content (AvgIpc) is 3.08. The summed E-state index contributed by atoms with van der Waals surface area (Å²) in [5, 5.41) is 0. The monoisotopic (exact) mass is 594 g/mol. The van der Waals surface area contributed by atoms with Crippen LogP contribution in [0, 0.1) is 0 Å². The molecule has 1 fully saturated rings. The van der Waals surface area contributed by atoms with Gasteiger partial charge in [-0.25, -0.2) is 0 Å². The Morgan fingerprint density at radius 1 is 0.568 bits per heavy atom. The molecule has 0 spiro atoms. The van der Waals surface area contributed by atoms with E-state index in [1.165, 1.54) is 0 Å². The van der Waals surface area contributed by atoms with Crippen molar-refractivity contribution in [2.45, 2.75) is 71.0 Å². The molecular weight excluding hydrogens is 552 g/mol. The van der Waals surface area contributed by atoms with E-state index >= 15 is 0 Å². The molecule has 1 aliphatic heterocycles. The van der Waals surface area contributed by atoms with Gasteiger partial charge in [0.2, 0.25) is 6.29 Å². The standard InChI is InChI=1S/C38H42O6/c1-3-29(2)43-38-37(42-27-33-22-14-7-15-23-33)36(41-26-32-20-12-6-13-21-32)35(40-25-31-18-10-5-11-19-31)34(44-38)28-39-24-30-16-8-4-9-17-30/h3-23,34-38H,24-28H2,1-2H3/b29-3-/t34-,35+,36+,37-,38-/m1/s1. The molecule has 0 unspecified atom stereocenters. The molecule has 0 amide bonds. The number of benzene rings is 4. The second-order valence-electron chi connectivity index (χ2n) is 10.8. The highest BCUT2D eigenvalue weighted by atomic mass is 16.7. The zero-order chi connectivity index (χ0) is 30.4. The molecule has 1 aliphatic rings. The van der Waals surface area contributed by atoms with Gasteiger partial charge in [0.25, 0.3) is 0 Å². The quantitative estimate of drug-likeness (QED) is 0.132. The van der Waals surface area contributed by atoms with Gasteiger partial charge >= 0.3 is 0 Å². The minimum absolute atomic E-state index is 0.291. The van der Waals surface area contributed by atoms with Crippen molar-refractivity contribution in [3.05, 3.63) is 155 Å². The van der Waals surface area contributed by atoms with E-state index in [1.54, 1.807) is 0 Å². The molecule has 0 aliphatic carbocycles. The van der Waals surface area contributed by atoms with Gasteiger partial charge in [0.15, 0.2) is 0 Å². The molecule has 0 bridgehead atoms. The minimum atomic E-state index is -0.738. The molecule has 4 aromatic rings. The number of hydrogen-bond acceptors (Lipinski definition) is 6. The molecule has 5 rings (SSSR count). The molecule has 0 N–H and O–H groups in total. The lowest BCUT2D eigenvalue weighted by molar-refractivity contribution is -0.320. The van der Waals surface area contributed by atoms with E-state index in [1.807, 2.05) is 117 Å². The van der Waals surface area contributed by atoms with Crippen molar-refractivity contribution in [3.63, 3.8) is 0 Å². The van der Waals surface area contributed by atoms with E-state index in [2.05, 4.69) is 24.3 Å². The Kier molecular flexibility index (Phi) is 12.2. The zero-order valence-electron chi connectivity index (χ0n) is 25.5. The molecule has 6 nitrogen and oxygen atoms in total. The number of hydrogen-bond donors (Lipinski definition) is 0. The highest BCUT2D eigenvalue weighted by Gasteiger charge is 2.49.